The number of amidine groups is 1. The topological polar surface area (TPSA) is 88.1 Å². The number of esters is 1. The number of ether oxygens (including phenoxy) is 1. The zero-order valence-corrected chi connectivity index (χ0v) is 15.6. The molecule has 9 heteroatoms. The summed E-state index contributed by atoms with van der Waals surface area (Å²) in [5, 5.41) is 9.82. The van der Waals surface area contributed by atoms with Crippen LogP contribution < -0.4 is 10.1 Å². The van der Waals surface area contributed by atoms with Crippen LogP contribution in [0.2, 0.25) is 0 Å². The first-order chi connectivity index (χ1) is 12.4. The lowest BCUT2D eigenvalue weighted by molar-refractivity contribution is -0.129. The molecular formula is C17H15N3O4S2. The normalized spacial score (nSPS) is 16.2. The van der Waals surface area contributed by atoms with Gasteiger partial charge in [-0.25, -0.2) is 9.80 Å². The number of carbonyl (C=O) groups excluding carboxylic acids is 3. The van der Waals surface area contributed by atoms with Crippen molar-refractivity contribution < 1.29 is 19.1 Å². The van der Waals surface area contributed by atoms with Gasteiger partial charge in [-0.05, 0) is 29.1 Å². The molecule has 3 rings (SSSR count). The van der Waals surface area contributed by atoms with Gasteiger partial charge in [-0.15, -0.1) is 16.4 Å². The fourth-order valence-corrected chi connectivity index (χ4v) is 3.97. The van der Waals surface area contributed by atoms with Crippen LogP contribution in [0.1, 0.15) is 34.5 Å². The Balaban J connectivity index is 1.72. The van der Waals surface area contributed by atoms with E-state index in [1.807, 2.05) is 0 Å². The summed E-state index contributed by atoms with van der Waals surface area (Å²) in [5.41, 5.74) is 0.797. The molecule has 1 N–H and O–H groups in total. The largest absolute Gasteiger partial charge is 0.422 e. The summed E-state index contributed by atoms with van der Waals surface area (Å²) in [4.78, 5) is 35.5. The van der Waals surface area contributed by atoms with Crippen molar-refractivity contribution in [3.8, 4) is 5.75 Å². The molecule has 134 valence electrons. The van der Waals surface area contributed by atoms with E-state index in [0.717, 1.165) is 5.56 Å². The van der Waals surface area contributed by atoms with Gasteiger partial charge < -0.3 is 10.1 Å². The molecule has 1 aromatic carbocycles. The van der Waals surface area contributed by atoms with Crippen molar-refractivity contribution in [1.29, 1.82) is 0 Å². The fourth-order valence-electron chi connectivity index (χ4n) is 2.23. The maximum Gasteiger partial charge on any atom is 0.353 e. The predicted molar refractivity (Wildman–Crippen MR) is 99.8 cm³/mol. The maximum atomic E-state index is 12.0. The fraction of sp³-hybridized carbons (Fsp3) is 0.176. The average Bonchev–Trinajstić information content (AvgIpc) is 3.24. The lowest BCUT2D eigenvalue weighted by Crippen LogP contribution is -2.25. The lowest BCUT2D eigenvalue weighted by atomic mass is 10.2. The summed E-state index contributed by atoms with van der Waals surface area (Å²) < 4.78 is 5.32. The monoisotopic (exact) mass is 389 g/mol. The molecule has 0 unspecified atom stereocenters. The van der Waals surface area contributed by atoms with Gasteiger partial charge in [-0.1, -0.05) is 30.0 Å². The van der Waals surface area contributed by atoms with E-state index in [1.54, 1.807) is 41.8 Å². The van der Waals surface area contributed by atoms with Gasteiger partial charge in [0.1, 0.15) is 16.0 Å². The molecule has 0 saturated heterocycles. The average molecular weight is 389 g/mol. The molecule has 1 atom stereocenters. The van der Waals surface area contributed by atoms with Crippen LogP contribution in [0.4, 0.5) is 0 Å². The van der Waals surface area contributed by atoms with Crippen molar-refractivity contribution in [1.82, 2.24) is 10.3 Å². The van der Waals surface area contributed by atoms with Crippen LogP contribution in [-0.2, 0) is 9.59 Å². The number of benzene rings is 1. The maximum absolute atomic E-state index is 12.0. The Morgan fingerprint density at radius 1 is 1.15 bits per heavy atom. The minimum absolute atomic E-state index is 0.240. The number of nitrogens with zero attached hydrogens (tertiary/aromatic N) is 2. The van der Waals surface area contributed by atoms with Crippen molar-refractivity contribution >= 4 is 46.0 Å². The summed E-state index contributed by atoms with van der Waals surface area (Å²) in [7, 11) is 0. The summed E-state index contributed by atoms with van der Waals surface area (Å²) in [5.74, 6) is -0.496. The third kappa shape index (κ3) is 4.12. The number of hydrogen-bond acceptors (Lipinski definition) is 7. The van der Waals surface area contributed by atoms with E-state index in [-0.39, 0.29) is 11.8 Å². The van der Waals surface area contributed by atoms with Gasteiger partial charge in [0, 0.05) is 13.8 Å². The highest BCUT2D eigenvalue weighted by atomic mass is 32.2. The zero-order valence-electron chi connectivity index (χ0n) is 14.0. The van der Waals surface area contributed by atoms with Crippen LogP contribution >= 0.6 is 23.1 Å². The third-order valence-electron chi connectivity index (χ3n) is 3.35. The van der Waals surface area contributed by atoms with E-state index in [1.165, 1.54) is 42.0 Å². The van der Waals surface area contributed by atoms with Crippen molar-refractivity contribution in [2.45, 2.75) is 19.2 Å². The Bertz CT molecular complexity index is 863. The van der Waals surface area contributed by atoms with Crippen molar-refractivity contribution in [2.24, 2.45) is 5.10 Å². The molecule has 2 heterocycles. The summed E-state index contributed by atoms with van der Waals surface area (Å²) in [6.07, 6.45) is 0. The highest BCUT2D eigenvalue weighted by molar-refractivity contribution is 8.14. The van der Waals surface area contributed by atoms with Gasteiger partial charge in [-0.3, -0.25) is 9.59 Å². The van der Waals surface area contributed by atoms with E-state index in [2.05, 4.69) is 10.4 Å². The molecule has 1 aromatic heterocycles. The number of thiophene rings is 1. The van der Waals surface area contributed by atoms with Crippen LogP contribution in [0.15, 0.2) is 46.9 Å². The van der Waals surface area contributed by atoms with E-state index in [9.17, 15) is 14.4 Å². The summed E-state index contributed by atoms with van der Waals surface area (Å²) in [6, 6.07) is 10.3. The molecule has 1 aliphatic rings. The Labute approximate surface area is 158 Å². The van der Waals surface area contributed by atoms with Crippen LogP contribution in [0, 0.1) is 0 Å². The molecule has 0 aliphatic carbocycles. The van der Waals surface area contributed by atoms with Gasteiger partial charge in [0.2, 0.25) is 11.8 Å². The van der Waals surface area contributed by atoms with Crippen LogP contribution in [0.5, 0.6) is 5.75 Å². The number of thioether (sulfide) groups is 1. The molecular weight excluding hydrogens is 374 g/mol. The first-order valence-electron chi connectivity index (χ1n) is 7.62. The molecule has 2 amide bonds. The van der Waals surface area contributed by atoms with Crippen LogP contribution in [0.25, 0.3) is 0 Å². The molecule has 0 spiro atoms. The minimum atomic E-state index is -0.412. The number of hydrazone groups is 1. The van der Waals surface area contributed by atoms with Gasteiger partial charge in [0.15, 0.2) is 5.17 Å². The van der Waals surface area contributed by atoms with Crippen molar-refractivity contribution in [2.75, 3.05) is 0 Å². The highest BCUT2D eigenvalue weighted by Crippen LogP contribution is 2.39. The highest BCUT2D eigenvalue weighted by Gasteiger charge is 2.32. The smallest absolute Gasteiger partial charge is 0.353 e. The molecule has 0 fully saturated rings. The second-order valence-electron chi connectivity index (χ2n) is 5.36. The number of rotatable bonds is 3. The third-order valence-corrected chi connectivity index (χ3v) is 5.30. The molecule has 26 heavy (non-hydrogen) atoms. The first-order valence-corrected chi connectivity index (χ1v) is 9.38. The van der Waals surface area contributed by atoms with Gasteiger partial charge in [-0.2, -0.15) is 0 Å². The first kappa shape index (κ1) is 18.2. The Hall–Kier alpha value is -2.65. The Morgan fingerprint density at radius 2 is 1.88 bits per heavy atom. The van der Waals surface area contributed by atoms with Gasteiger partial charge in [0.05, 0.1) is 0 Å². The molecule has 0 bridgehead atoms. The number of hydrogen-bond donors (Lipinski definition) is 1. The standard InChI is InChI=1S/C17H15N3O4S2/c1-10(21)18-17-19-20(11(2)22)15(26-17)12-5-7-13(8-6-12)24-16(23)14-4-3-9-25-14/h3-9,15H,1-2H3,(H,18,19,21)/t15-/m0/s1. The quantitative estimate of drug-likeness (QED) is 0.644. The van der Waals surface area contributed by atoms with Crippen LogP contribution in [0.3, 0.4) is 0 Å². The Morgan fingerprint density at radius 3 is 2.46 bits per heavy atom. The van der Waals surface area contributed by atoms with E-state index < -0.39 is 11.3 Å². The Kier molecular flexibility index (Phi) is 5.38. The predicted octanol–water partition coefficient (Wildman–Crippen LogP) is 2.97. The second kappa shape index (κ2) is 7.71. The van der Waals surface area contributed by atoms with Crippen molar-refractivity contribution in [3.63, 3.8) is 0 Å². The number of nitrogens with one attached hydrogen (secondary N) is 1. The van der Waals surface area contributed by atoms with Gasteiger partial charge >= 0.3 is 5.97 Å². The molecule has 0 saturated carbocycles. The molecule has 7 nitrogen and oxygen atoms in total. The van der Waals surface area contributed by atoms with E-state index in [0.29, 0.717) is 15.8 Å². The zero-order chi connectivity index (χ0) is 18.7. The SMILES string of the molecule is CC(=O)NC1=NN(C(C)=O)[C@H](c2ccc(OC(=O)c3cccs3)cc2)S1. The number of amides is 2. The second-order valence-corrected chi connectivity index (χ2v) is 7.37. The van der Waals surface area contributed by atoms with E-state index >= 15 is 0 Å². The molecule has 0 radical (unpaired) electrons. The molecule has 1 aliphatic heterocycles. The van der Waals surface area contributed by atoms with Crippen molar-refractivity contribution in [3.05, 3.63) is 52.2 Å². The van der Waals surface area contributed by atoms with Gasteiger partial charge in [0.25, 0.3) is 0 Å². The minimum Gasteiger partial charge on any atom is -0.422 e. The van der Waals surface area contributed by atoms with E-state index in [4.69, 9.17) is 4.74 Å². The van der Waals surface area contributed by atoms with Crippen LogP contribution in [-0.4, -0.2) is 28.0 Å². The lowest BCUT2D eigenvalue weighted by Gasteiger charge is -2.19. The number of carbonyl (C=O) groups is 3. The summed E-state index contributed by atoms with van der Waals surface area (Å²) >= 11 is 2.57. The summed E-state index contributed by atoms with van der Waals surface area (Å²) in [6.45, 7) is 2.79. The molecule has 2 aromatic rings.